The second-order valence-electron chi connectivity index (χ2n) is 4.42. The molecule has 0 saturated heterocycles. The number of hydrogen-bond acceptors (Lipinski definition) is 3. The van der Waals surface area contributed by atoms with Gasteiger partial charge in [0.2, 0.25) is 0 Å². The van der Waals surface area contributed by atoms with Crippen LogP contribution >= 0.6 is 31.9 Å². The van der Waals surface area contributed by atoms with Crippen LogP contribution in [0.25, 0.3) is 0 Å². The summed E-state index contributed by atoms with van der Waals surface area (Å²) in [6.07, 6.45) is 1.47. The van der Waals surface area contributed by atoms with E-state index in [2.05, 4.69) is 36.8 Å². The monoisotopic (exact) mass is 383 g/mol. The van der Waals surface area contributed by atoms with Crippen LogP contribution in [0, 0.1) is 0 Å². The molecule has 0 radical (unpaired) electrons. The molecule has 0 fully saturated rings. The van der Waals surface area contributed by atoms with E-state index < -0.39 is 6.10 Å². The van der Waals surface area contributed by atoms with Crippen molar-refractivity contribution < 1.29 is 9.84 Å². The maximum atomic E-state index is 10.2. The maximum Gasteiger partial charge on any atom is 0.144 e. The van der Waals surface area contributed by atoms with Crippen LogP contribution in [0.3, 0.4) is 0 Å². The summed E-state index contributed by atoms with van der Waals surface area (Å²) in [7, 11) is 0. The van der Waals surface area contributed by atoms with Gasteiger partial charge in [-0.15, -0.1) is 0 Å². The third-order valence-electron chi connectivity index (χ3n) is 3.13. The number of ether oxygens (including phenoxy) is 1. The highest BCUT2D eigenvalue weighted by atomic mass is 79.9. The predicted molar refractivity (Wildman–Crippen MR) is 79.0 cm³/mol. The quantitative estimate of drug-likeness (QED) is 0.802. The number of aliphatic hydroxyl groups excluding tert-OH is 1. The average Bonchev–Trinajstić information content (AvgIpc) is 2.38. The van der Waals surface area contributed by atoms with Gasteiger partial charge in [0.1, 0.15) is 11.9 Å². The Kier molecular flexibility index (Phi) is 3.60. The molecule has 2 unspecified atom stereocenters. The number of hydrogen-bond donors (Lipinski definition) is 1. The highest BCUT2D eigenvalue weighted by Gasteiger charge is 2.29. The molecule has 3 nitrogen and oxygen atoms in total. The van der Waals surface area contributed by atoms with E-state index in [1.54, 1.807) is 6.20 Å². The lowest BCUT2D eigenvalue weighted by Crippen LogP contribution is -2.20. The number of benzene rings is 1. The number of aromatic nitrogens is 1. The summed E-state index contributed by atoms with van der Waals surface area (Å²) in [5.41, 5.74) is 1.64. The highest BCUT2D eigenvalue weighted by molar-refractivity contribution is 9.11. The predicted octanol–water partition coefficient (Wildman–Crippen LogP) is 4.16. The Morgan fingerprint density at radius 1 is 1.26 bits per heavy atom. The standard InChI is InChI=1S/C14H11Br2NO2/c15-8-5-10(16)14(17-7-8)13-6-11(18)9-3-1-2-4-12(9)19-13/h1-5,7,11,13,18H,6H2. The Bertz CT molecular complexity index is 618. The SMILES string of the molecule is OC1CC(c2ncc(Br)cc2Br)Oc2ccccc21. The van der Waals surface area contributed by atoms with Gasteiger partial charge in [0, 0.05) is 27.1 Å². The summed E-state index contributed by atoms with van der Waals surface area (Å²) in [6, 6.07) is 9.49. The van der Waals surface area contributed by atoms with E-state index >= 15 is 0 Å². The van der Waals surface area contributed by atoms with Gasteiger partial charge in [0.05, 0.1) is 11.8 Å². The number of aliphatic hydroxyl groups is 1. The number of nitrogens with zero attached hydrogens (tertiary/aromatic N) is 1. The van der Waals surface area contributed by atoms with E-state index in [-0.39, 0.29) is 6.10 Å². The topological polar surface area (TPSA) is 42.4 Å². The van der Waals surface area contributed by atoms with Crippen molar-refractivity contribution in [1.82, 2.24) is 4.98 Å². The summed E-state index contributed by atoms with van der Waals surface area (Å²) in [6.45, 7) is 0. The molecule has 0 amide bonds. The molecule has 1 aromatic carbocycles. The molecule has 0 spiro atoms. The van der Waals surface area contributed by atoms with Crippen molar-refractivity contribution in [3.8, 4) is 5.75 Å². The largest absolute Gasteiger partial charge is 0.484 e. The van der Waals surface area contributed by atoms with Gasteiger partial charge in [-0.05, 0) is 44.0 Å². The zero-order valence-corrected chi connectivity index (χ0v) is 13.1. The first-order valence-corrected chi connectivity index (χ1v) is 7.48. The molecule has 3 rings (SSSR count). The summed E-state index contributed by atoms with van der Waals surface area (Å²) < 4.78 is 7.72. The van der Waals surface area contributed by atoms with E-state index in [1.165, 1.54) is 0 Å². The van der Waals surface area contributed by atoms with Crippen molar-refractivity contribution in [2.24, 2.45) is 0 Å². The Hall–Kier alpha value is -0.910. The Labute approximate surface area is 127 Å². The Balaban J connectivity index is 1.97. The number of rotatable bonds is 1. The minimum absolute atomic E-state index is 0.243. The lowest BCUT2D eigenvalue weighted by molar-refractivity contribution is 0.0633. The fourth-order valence-corrected chi connectivity index (χ4v) is 3.47. The minimum atomic E-state index is -0.521. The van der Waals surface area contributed by atoms with Crippen molar-refractivity contribution in [3.05, 3.63) is 56.7 Å². The average molecular weight is 385 g/mol. The Morgan fingerprint density at radius 2 is 2.05 bits per heavy atom. The van der Waals surface area contributed by atoms with Gasteiger partial charge in [0.15, 0.2) is 0 Å². The van der Waals surface area contributed by atoms with Gasteiger partial charge in [-0.25, -0.2) is 0 Å². The molecule has 1 N–H and O–H groups in total. The number of halogens is 2. The first-order chi connectivity index (χ1) is 9.15. The van der Waals surface area contributed by atoms with Crippen LogP contribution in [0.5, 0.6) is 5.75 Å². The second-order valence-corrected chi connectivity index (χ2v) is 6.19. The van der Waals surface area contributed by atoms with Gasteiger partial charge >= 0.3 is 0 Å². The molecule has 0 aliphatic carbocycles. The molecule has 2 aromatic rings. The van der Waals surface area contributed by atoms with Gasteiger partial charge in [-0.3, -0.25) is 4.98 Å². The number of fused-ring (bicyclic) bond motifs is 1. The molecular weight excluding hydrogens is 374 g/mol. The summed E-state index contributed by atoms with van der Waals surface area (Å²) in [4.78, 5) is 4.38. The smallest absolute Gasteiger partial charge is 0.144 e. The number of para-hydroxylation sites is 1. The molecular formula is C14H11Br2NO2. The van der Waals surface area contributed by atoms with Crippen LogP contribution < -0.4 is 4.74 Å². The molecule has 1 aliphatic heterocycles. The summed E-state index contributed by atoms with van der Waals surface area (Å²) >= 11 is 6.86. The molecule has 1 aromatic heterocycles. The van der Waals surface area contributed by atoms with Crippen molar-refractivity contribution in [2.75, 3.05) is 0 Å². The van der Waals surface area contributed by atoms with Crippen LogP contribution in [0.1, 0.15) is 29.9 Å². The molecule has 19 heavy (non-hydrogen) atoms. The number of pyridine rings is 1. The van der Waals surface area contributed by atoms with Crippen molar-refractivity contribution in [1.29, 1.82) is 0 Å². The lowest BCUT2D eigenvalue weighted by Gasteiger charge is -2.29. The molecule has 0 bridgehead atoms. The second kappa shape index (κ2) is 5.23. The first kappa shape index (κ1) is 13.1. The lowest BCUT2D eigenvalue weighted by atomic mass is 9.97. The third kappa shape index (κ3) is 2.55. The summed E-state index contributed by atoms with van der Waals surface area (Å²) in [5.74, 6) is 0.725. The zero-order chi connectivity index (χ0) is 13.4. The van der Waals surface area contributed by atoms with Gasteiger partial charge in [0.25, 0.3) is 0 Å². The van der Waals surface area contributed by atoms with Gasteiger partial charge in [-0.1, -0.05) is 18.2 Å². The van der Waals surface area contributed by atoms with E-state index in [4.69, 9.17) is 4.74 Å². The van der Waals surface area contributed by atoms with Gasteiger partial charge < -0.3 is 9.84 Å². The van der Waals surface area contributed by atoms with E-state index in [9.17, 15) is 5.11 Å². The van der Waals surface area contributed by atoms with Crippen LogP contribution in [0.15, 0.2) is 45.5 Å². The third-order valence-corrected chi connectivity index (χ3v) is 4.19. The normalized spacial score (nSPS) is 21.6. The maximum absolute atomic E-state index is 10.2. The molecule has 1 aliphatic rings. The molecule has 2 heterocycles. The Morgan fingerprint density at radius 3 is 2.84 bits per heavy atom. The van der Waals surface area contributed by atoms with E-state index in [1.807, 2.05) is 30.3 Å². The van der Waals surface area contributed by atoms with Gasteiger partial charge in [-0.2, -0.15) is 0 Å². The van der Waals surface area contributed by atoms with E-state index in [0.29, 0.717) is 6.42 Å². The van der Waals surface area contributed by atoms with Crippen molar-refractivity contribution >= 4 is 31.9 Å². The van der Waals surface area contributed by atoms with Crippen molar-refractivity contribution in [2.45, 2.75) is 18.6 Å². The summed E-state index contributed by atoms with van der Waals surface area (Å²) in [5, 5.41) is 10.2. The molecule has 0 saturated carbocycles. The van der Waals surface area contributed by atoms with Crippen LogP contribution in [-0.2, 0) is 0 Å². The molecule has 5 heteroatoms. The highest BCUT2D eigenvalue weighted by Crippen LogP contribution is 2.41. The fraction of sp³-hybridized carbons (Fsp3) is 0.214. The van der Waals surface area contributed by atoms with Crippen LogP contribution in [-0.4, -0.2) is 10.1 Å². The first-order valence-electron chi connectivity index (χ1n) is 5.90. The zero-order valence-electron chi connectivity index (χ0n) is 9.88. The van der Waals surface area contributed by atoms with Crippen molar-refractivity contribution in [3.63, 3.8) is 0 Å². The van der Waals surface area contributed by atoms with Crippen LogP contribution in [0.4, 0.5) is 0 Å². The fourth-order valence-electron chi connectivity index (χ4n) is 2.22. The van der Waals surface area contributed by atoms with E-state index in [0.717, 1.165) is 26.0 Å². The minimum Gasteiger partial charge on any atom is -0.484 e. The molecule has 2 atom stereocenters. The van der Waals surface area contributed by atoms with Crippen LogP contribution in [0.2, 0.25) is 0 Å². The molecule has 98 valence electrons.